The van der Waals surface area contributed by atoms with Crippen LogP contribution >= 0.6 is 0 Å². The van der Waals surface area contributed by atoms with Crippen LogP contribution in [0, 0.1) is 5.92 Å². The zero-order chi connectivity index (χ0) is 15.4. The number of unbranched alkanes of at least 4 members (excludes halogenated alkanes) is 1. The molecule has 1 fully saturated rings. The molecule has 1 aliphatic carbocycles. The third kappa shape index (κ3) is 4.32. The molecule has 3 nitrogen and oxygen atoms in total. The molecule has 0 radical (unpaired) electrons. The van der Waals surface area contributed by atoms with Crippen molar-refractivity contribution in [2.24, 2.45) is 11.1 Å². The van der Waals surface area contributed by atoms with Crippen molar-refractivity contribution >= 4 is 14.0 Å². The van der Waals surface area contributed by atoms with Gasteiger partial charge in [0, 0.05) is 5.92 Å². The van der Waals surface area contributed by atoms with Gasteiger partial charge in [-0.1, -0.05) is 45.7 Å². The SMILES string of the molecule is CCCC[C@@H]1/C(=N/O)CCC[C@H]1O[Si](C)(C)C(C)(C)C. The van der Waals surface area contributed by atoms with Crippen LogP contribution in [0.25, 0.3) is 0 Å². The second kappa shape index (κ2) is 7.08. The van der Waals surface area contributed by atoms with Gasteiger partial charge in [0.25, 0.3) is 0 Å². The Labute approximate surface area is 125 Å². The molecule has 1 aliphatic rings. The summed E-state index contributed by atoms with van der Waals surface area (Å²) >= 11 is 0. The number of nitrogens with zero attached hydrogens (tertiary/aromatic N) is 1. The quantitative estimate of drug-likeness (QED) is 0.431. The highest BCUT2D eigenvalue weighted by Crippen LogP contribution is 2.40. The van der Waals surface area contributed by atoms with Gasteiger partial charge in [-0.15, -0.1) is 0 Å². The summed E-state index contributed by atoms with van der Waals surface area (Å²) in [6, 6.07) is 0. The highest BCUT2D eigenvalue weighted by atomic mass is 28.4. The minimum Gasteiger partial charge on any atom is -0.413 e. The average Bonchev–Trinajstić information content (AvgIpc) is 2.35. The van der Waals surface area contributed by atoms with Gasteiger partial charge < -0.3 is 9.63 Å². The predicted octanol–water partition coefficient (Wildman–Crippen LogP) is 5.20. The Morgan fingerprint density at radius 3 is 2.50 bits per heavy atom. The van der Waals surface area contributed by atoms with Crippen LogP contribution in [0.1, 0.15) is 66.2 Å². The van der Waals surface area contributed by atoms with Crippen molar-refractivity contribution in [3.8, 4) is 0 Å². The number of oxime groups is 1. The third-order valence-electron chi connectivity index (χ3n) is 5.05. The molecule has 0 spiro atoms. The van der Waals surface area contributed by atoms with Gasteiger partial charge in [0.2, 0.25) is 0 Å². The largest absolute Gasteiger partial charge is 0.413 e. The summed E-state index contributed by atoms with van der Waals surface area (Å²) in [6.45, 7) is 13.7. The van der Waals surface area contributed by atoms with Crippen LogP contribution in [0.5, 0.6) is 0 Å². The summed E-state index contributed by atoms with van der Waals surface area (Å²) in [6.07, 6.45) is 6.84. The molecule has 20 heavy (non-hydrogen) atoms. The average molecular weight is 300 g/mol. The minimum absolute atomic E-state index is 0.232. The molecule has 1 saturated carbocycles. The van der Waals surface area contributed by atoms with Crippen LogP contribution in [-0.4, -0.2) is 25.3 Å². The Hall–Kier alpha value is -0.353. The second-order valence-corrected chi connectivity index (χ2v) is 12.4. The van der Waals surface area contributed by atoms with Crippen LogP contribution in [0.3, 0.4) is 0 Å². The van der Waals surface area contributed by atoms with Gasteiger partial charge in [0.05, 0.1) is 11.8 Å². The molecule has 1 N–H and O–H groups in total. The fourth-order valence-electron chi connectivity index (χ4n) is 2.68. The predicted molar refractivity (Wildman–Crippen MR) is 88.2 cm³/mol. The topological polar surface area (TPSA) is 41.8 Å². The Kier molecular flexibility index (Phi) is 6.26. The Morgan fingerprint density at radius 1 is 1.35 bits per heavy atom. The van der Waals surface area contributed by atoms with Gasteiger partial charge in [0.1, 0.15) is 0 Å². The molecule has 0 saturated heterocycles. The standard InChI is InChI=1S/C16H33NO2Si/c1-7-8-10-13-14(17-18)11-9-12-15(13)19-20(5,6)16(2,3)4/h13,15,18H,7-12H2,1-6H3/b17-14+/t13-,15-/m1/s1. The molecule has 0 unspecified atom stereocenters. The summed E-state index contributed by atoms with van der Waals surface area (Å²) in [5, 5.41) is 13.1. The summed E-state index contributed by atoms with van der Waals surface area (Å²) in [5.74, 6) is 0.322. The maximum absolute atomic E-state index is 9.28. The Balaban J connectivity index is 2.84. The second-order valence-electron chi connectivity index (χ2n) is 7.65. The molecule has 1 rings (SSSR count). The molecule has 0 aromatic heterocycles. The smallest absolute Gasteiger partial charge is 0.192 e. The molecule has 2 atom stereocenters. The fourth-order valence-corrected chi connectivity index (χ4v) is 4.08. The zero-order valence-electron chi connectivity index (χ0n) is 14.2. The van der Waals surface area contributed by atoms with Gasteiger partial charge in [-0.05, 0) is 43.8 Å². The lowest BCUT2D eigenvalue weighted by Gasteiger charge is -2.43. The lowest BCUT2D eigenvalue weighted by atomic mass is 9.81. The molecule has 4 heteroatoms. The van der Waals surface area contributed by atoms with E-state index in [9.17, 15) is 5.21 Å². The monoisotopic (exact) mass is 299 g/mol. The van der Waals surface area contributed by atoms with Crippen LogP contribution in [0.15, 0.2) is 5.16 Å². The van der Waals surface area contributed by atoms with Gasteiger partial charge in [-0.25, -0.2) is 0 Å². The molecular formula is C16H33NO2Si. The van der Waals surface area contributed by atoms with Crippen molar-refractivity contribution in [2.45, 2.75) is 90.5 Å². The van der Waals surface area contributed by atoms with E-state index in [0.29, 0.717) is 5.92 Å². The summed E-state index contributed by atoms with van der Waals surface area (Å²) < 4.78 is 6.63. The van der Waals surface area contributed by atoms with E-state index in [4.69, 9.17) is 4.43 Å². The molecule has 0 amide bonds. The highest BCUT2D eigenvalue weighted by molar-refractivity contribution is 6.74. The Bertz CT molecular complexity index is 334. The highest BCUT2D eigenvalue weighted by Gasteiger charge is 2.42. The summed E-state index contributed by atoms with van der Waals surface area (Å²) in [4.78, 5) is 0. The first-order valence-electron chi connectivity index (χ1n) is 8.11. The molecule has 0 heterocycles. The van der Waals surface area contributed by atoms with Crippen molar-refractivity contribution < 1.29 is 9.63 Å². The van der Waals surface area contributed by atoms with E-state index in [2.05, 4.69) is 45.9 Å². The van der Waals surface area contributed by atoms with Crippen molar-refractivity contribution in [2.75, 3.05) is 0 Å². The first-order valence-corrected chi connectivity index (χ1v) is 11.0. The third-order valence-corrected chi connectivity index (χ3v) is 9.55. The lowest BCUT2D eigenvalue weighted by Crippen LogP contribution is -2.48. The molecular weight excluding hydrogens is 266 g/mol. The van der Waals surface area contributed by atoms with Gasteiger partial charge in [0.15, 0.2) is 8.32 Å². The van der Waals surface area contributed by atoms with Crippen molar-refractivity contribution in [3.05, 3.63) is 0 Å². The first-order chi connectivity index (χ1) is 9.23. The van der Waals surface area contributed by atoms with Crippen molar-refractivity contribution in [1.82, 2.24) is 0 Å². The van der Waals surface area contributed by atoms with Crippen molar-refractivity contribution in [1.29, 1.82) is 0 Å². The van der Waals surface area contributed by atoms with Crippen LogP contribution in [0.4, 0.5) is 0 Å². The first kappa shape index (κ1) is 17.7. The van der Waals surface area contributed by atoms with Crippen LogP contribution < -0.4 is 0 Å². The minimum atomic E-state index is -1.75. The normalized spacial score (nSPS) is 27.0. The lowest BCUT2D eigenvalue weighted by molar-refractivity contribution is 0.117. The number of rotatable bonds is 5. The molecule has 0 aliphatic heterocycles. The Morgan fingerprint density at radius 2 is 2.00 bits per heavy atom. The number of hydrogen-bond donors (Lipinski definition) is 1. The zero-order valence-corrected chi connectivity index (χ0v) is 15.2. The maximum Gasteiger partial charge on any atom is 0.192 e. The fraction of sp³-hybridized carbons (Fsp3) is 0.938. The molecule has 0 aromatic carbocycles. The number of hydrogen-bond acceptors (Lipinski definition) is 3. The summed E-state index contributed by atoms with van der Waals surface area (Å²) in [7, 11) is -1.75. The maximum atomic E-state index is 9.28. The van der Waals surface area contributed by atoms with Gasteiger partial charge >= 0.3 is 0 Å². The van der Waals surface area contributed by atoms with E-state index in [1.165, 1.54) is 12.8 Å². The van der Waals surface area contributed by atoms with E-state index < -0.39 is 8.32 Å². The van der Waals surface area contributed by atoms with Crippen LogP contribution in [-0.2, 0) is 4.43 Å². The van der Waals surface area contributed by atoms with Crippen LogP contribution in [0.2, 0.25) is 18.1 Å². The van der Waals surface area contributed by atoms with E-state index in [-0.39, 0.29) is 11.1 Å². The van der Waals surface area contributed by atoms with Gasteiger partial charge in [-0.2, -0.15) is 0 Å². The van der Waals surface area contributed by atoms with Gasteiger partial charge in [-0.3, -0.25) is 0 Å². The molecule has 0 bridgehead atoms. The summed E-state index contributed by atoms with van der Waals surface area (Å²) in [5.41, 5.74) is 0.966. The van der Waals surface area contributed by atoms with E-state index in [0.717, 1.165) is 31.4 Å². The van der Waals surface area contributed by atoms with E-state index in [1.807, 2.05) is 0 Å². The molecule has 118 valence electrons. The van der Waals surface area contributed by atoms with E-state index in [1.54, 1.807) is 0 Å². The van der Waals surface area contributed by atoms with E-state index >= 15 is 0 Å². The van der Waals surface area contributed by atoms with Crippen molar-refractivity contribution in [3.63, 3.8) is 0 Å². The molecule has 0 aromatic rings.